The van der Waals surface area contributed by atoms with Crippen LogP contribution in [0.5, 0.6) is 17.6 Å². The van der Waals surface area contributed by atoms with E-state index in [1.807, 2.05) is 6.07 Å². The quantitative estimate of drug-likeness (QED) is 0.0482. The molecule has 21 nitrogen and oxygen atoms in total. The van der Waals surface area contributed by atoms with Crippen molar-refractivity contribution in [3.05, 3.63) is 129 Å². The van der Waals surface area contributed by atoms with E-state index >= 15 is 0 Å². The van der Waals surface area contributed by atoms with Crippen LogP contribution in [0.3, 0.4) is 0 Å². The normalized spacial score (nSPS) is 26.9. The molecule has 6 saturated carbocycles. The molecule has 25 heteroatoms. The van der Waals surface area contributed by atoms with Gasteiger partial charge in [0.25, 0.3) is 17.7 Å². The SMILES string of the molecule is Clc1ccnc(Cl)n1.NC(=O)c1cccnc1OC1CC2(CC(N)C2)C1.NC(=O)c1cccnc1OC1CC2(CC(Nc3ccnc(Cl)n3)C2)C1.NC(=O)c1cccnc1OC1CC2(CC(Nc3nccc(Cl)n3)C2)C1. The van der Waals surface area contributed by atoms with E-state index in [1.165, 1.54) is 6.20 Å². The first-order valence-electron chi connectivity index (χ1n) is 24.6. The van der Waals surface area contributed by atoms with Crippen LogP contribution in [0.1, 0.15) is 108 Å². The molecule has 0 bridgehead atoms. The van der Waals surface area contributed by atoms with Gasteiger partial charge in [-0.15, -0.1) is 0 Å². The van der Waals surface area contributed by atoms with Crippen molar-refractivity contribution in [2.75, 3.05) is 10.6 Å². The van der Waals surface area contributed by atoms with Gasteiger partial charge in [-0.2, -0.15) is 0 Å². The summed E-state index contributed by atoms with van der Waals surface area (Å²) in [5.41, 5.74) is 23.9. The number of nitrogens with two attached hydrogens (primary N) is 4. The highest BCUT2D eigenvalue weighted by Gasteiger charge is 2.56. The van der Waals surface area contributed by atoms with E-state index in [0.717, 1.165) is 82.9 Å². The predicted octanol–water partition coefficient (Wildman–Crippen LogP) is 7.46. The van der Waals surface area contributed by atoms with E-state index < -0.39 is 17.7 Å². The highest BCUT2D eigenvalue weighted by Crippen LogP contribution is 2.59. The molecule has 0 saturated heterocycles. The van der Waals surface area contributed by atoms with Crippen LogP contribution >= 0.6 is 46.4 Å². The van der Waals surface area contributed by atoms with Crippen LogP contribution in [-0.2, 0) is 0 Å². The smallest absolute Gasteiger partial charge is 0.254 e. The van der Waals surface area contributed by atoms with Crippen molar-refractivity contribution in [3.63, 3.8) is 0 Å². The molecule has 12 rings (SSSR count). The molecule has 6 aliphatic carbocycles. The standard InChI is InChI=1S/2C17H18ClN5O2.C13H17N3O2.C4H2Cl2N2/c18-16-21-5-3-13(23-16)22-10-6-17(7-10)8-11(9-17)25-15-12(14(19)24)2-1-4-20-15;18-13-3-5-21-16(23-13)22-10-6-17(7-10)8-11(9-17)25-15-12(14(19)24)2-1-4-20-15;14-8-4-13(5-8)6-9(7-13)18-12-10(11(15)17)2-1-3-16-12;5-3-1-2-7-4(6)8-3/h2*1-5,10-11H,6-9H2,(H2,19,24)(H,21,22,23);1-3,8-9H,4-7,14H2,(H2,15,17);1-2H. The zero-order chi connectivity index (χ0) is 53.6. The number of amides is 3. The Bertz CT molecular complexity index is 2880. The van der Waals surface area contributed by atoms with Gasteiger partial charge in [-0.05, 0) is 171 Å². The van der Waals surface area contributed by atoms with E-state index in [9.17, 15) is 14.4 Å². The van der Waals surface area contributed by atoms with Crippen LogP contribution in [0.2, 0.25) is 20.9 Å². The summed E-state index contributed by atoms with van der Waals surface area (Å²) in [6.45, 7) is 0. The summed E-state index contributed by atoms with van der Waals surface area (Å²) in [7, 11) is 0. The largest absolute Gasteiger partial charge is 0.474 e. The molecule has 76 heavy (non-hydrogen) atoms. The minimum atomic E-state index is -0.522. The summed E-state index contributed by atoms with van der Waals surface area (Å²) < 4.78 is 17.5. The zero-order valence-electron chi connectivity index (χ0n) is 40.9. The van der Waals surface area contributed by atoms with Crippen LogP contribution in [0.15, 0.2) is 91.8 Å². The van der Waals surface area contributed by atoms with E-state index in [1.54, 1.807) is 79.5 Å². The lowest BCUT2D eigenvalue weighted by Crippen LogP contribution is -2.56. The fourth-order valence-electron chi connectivity index (χ4n) is 11.2. The van der Waals surface area contributed by atoms with Gasteiger partial charge in [0.15, 0.2) is 0 Å². The van der Waals surface area contributed by atoms with Gasteiger partial charge in [0.1, 0.15) is 51.1 Å². The number of carbonyl (C=O) groups is 3. The molecule has 0 unspecified atom stereocenters. The van der Waals surface area contributed by atoms with Crippen molar-refractivity contribution < 1.29 is 28.6 Å². The minimum Gasteiger partial charge on any atom is -0.474 e. The predicted molar refractivity (Wildman–Crippen MR) is 283 cm³/mol. The topological polar surface area (TPSA) is 323 Å². The van der Waals surface area contributed by atoms with Gasteiger partial charge in [-0.3, -0.25) is 14.4 Å². The van der Waals surface area contributed by atoms with Crippen molar-refractivity contribution in [3.8, 4) is 17.6 Å². The Morgan fingerprint density at radius 2 is 0.842 bits per heavy atom. The minimum absolute atomic E-state index is 0.0800. The van der Waals surface area contributed by atoms with Crippen LogP contribution in [0.4, 0.5) is 11.8 Å². The summed E-state index contributed by atoms with van der Waals surface area (Å²) >= 11 is 22.4. The van der Waals surface area contributed by atoms with Crippen LogP contribution in [0, 0.1) is 16.2 Å². The molecule has 6 heterocycles. The van der Waals surface area contributed by atoms with Gasteiger partial charge in [0.2, 0.25) is 34.2 Å². The second kappa shape index (κ2) is 23.2. The second-order valence-corrected chi connectivity index (χ2v) is 21.8. The van der Waals surface area contributed by atoms with Gasteiger partial charge in [0.05, 0.1) is 0 Å². The van der Waals surface area contributed by atoms with Gasteiger partial charge < -0.3 is 47.8 Å². The van der Waals surface area contributed by atoms with E-state index in [4.69, 9.17) is 83.5 Å². The zero-order valence-corrected chi connectivity index (χ0v) is 43.9. The van der Waals surface area contributed by atoms with Gasteiger partial charge >= 0.3 is 0 Å². The summed E-state index contributed by atoms with van der Waals surface area (Å²) in [4.78, 5) is 70.0. The molecule has 0 aliphatic heterocycles. The first kappa shape index (κ1) is 54.0. The number of rotatable bonds is 13. The van der Waals surface area contributed by atoms with Gasteiger partial charge in [0, 0.05) is 55.3 Å². The summed E-state index contributed by atoms with van der Waals surface area (Å²) in [5.74, 6) is 0.799. The number of hydrogen-bond acceptors (Lipinski definition) is 18. The highest BCUT2D eigenvalue weighted by atomic mass is 35.5. The first-order valence-corrected chi connectivity index (χ1v) is 26.1. The Morgan fingerprint density at radius 3 is 1.21 bits per heavy atom. The third-order valence-electron chi connectivity index (χ3n) is 14.5. The molecule has 6 aliphatic rings. The van der Waals surface area contributed by atoms with E-state index in [-0.39, 0.29) is 28.9 Å². The Morgan fingerprint density at radius 1 is 0.461 bits per heavy atom. The Balaban J connectivity index is 0.000000131. The number of halogens is 4. The number of anilines is 2. The maximum absolute atomic E-state index is 11.4. The number of nitrogens with zero attached hydrogens (tertiary/aromatic N) is 9. The third kappa shape index (κ3) is 13.4. The number of carbonyl (C=O) groups excluding carboxylic acids is 3. The summed E-state index contributed by atoms with van der Waals surface area (Å²) in [6.07, 6.45) is 22.2. The van der Waals surface area contributed by atoms with Gasteiger partial charge in [-0.25, -0.2) is 44.9 Å². The number of nitrogens with one attached hydrogen (secondary N) is 2. The Labute approximate surface area is 457 Å². The molecule has 3 spiro atoms. The molecule has 6 aromatic rings. The Hall–Kier alpha value is -6.78. The van der Waals surface area contributed by atoms with Crippen molar-refractivity contribution in [2.24, 2.45) is 39.2 Å². The number of aromatic nitrogens is 9. The molecule has 6 aromatic heterocycles. The van der Waals surface area contributed by atoms with E-state index in [0.29, 0.717) is 85.0 Å². The Kier molecular flexibility index (Phi) is 16.5. The van der Waals surface area contributed by atoms with Crippen LogP contribution in [0.25, 0.3) is 0 Å². The molecule has 10 N–H and O–H groups in total. The second-order valence-electron chi connectivity index (χ2n) is 20.3. The molecule has 3 amide bonds. The number of primary amides is 3. The lowest BCUT2D eigenvalue weighted by molar-refractivity contribution is -0.0797. The van der Waals surface area contributed by atoms with Crippen molar-refractivity contribution in [1.29, 1.82) is 0 Å². The van der Waals surface area contributed by atoms with Crippen molar-refractivity contribution >= 4 is 75.9 Å². The molecule has 6 fully saturated rings. The lowest BCUT2D eigenvalue weighted by atomic mass is 9.53. The monoisotopic (exact) mass is 1110 g/mol. The van der Waals surface area contributed by atoms with Gasteiger partial charge in [-0.1, -0.05) is 23.2 Å². The fourth-order valence-corrected chi connectivity index (χ4v) is 11.8. The number of pyridine rings is 3. The first-order chi connectivity index (χ1) is 36.4. The lowest BCUT2D eigenvalue weighted by Gasteiger charge is -2.57. The van der Waals surface area contributed by atoms with Crippen LogP contribution in [-0.4, -0.2) is 99.0 Å². The molecule has 0 aromatic carbocycles. The summed E-state index contributed by atoms with van der Waals surface area (Å²) in [5, 5.41) is 7.92. The molecule has 0 atom stereocenters. The number of ether oxygens (including phenoxy) is 3. The highest BCUT2D eigenvalue weighted by molar-refractivity contribution is 6.31. The van der Waals surface area contributed by atoms with Crippen LogP contribution < -0.4 is 47.8 Å². The maximum atomic E-state index is 11.4. The number of hydrogen-bond donors (Lipinski definition) is 6. The third-order valence-corrected chi connectivity index (χ3v) is 15.3. The summed E-state index contributed by atoms with van der Waals surface area (Å²) in [6, 6.07) is 16.1. The molecular formula is C51H55Cl4N15O6. The van der Waals surface area contributed by atoms with Crippen molar-refractivity contribution in [1.82, 2.24) is 44.9 Å². The fraction of sp³-hybridized carbons (Fsp3) is 0.412. The molecular weight excluding hydrogens is 1060 g/mol. The average Bonchev–Trinajstić information content (AvgIpc) is 3.31. The molecule has 398 valence electrons. The maximum Gasteiger partial charge on any atom is 0.254 e. The van der Waals surface area contributed by atoms with Crippen molar-refractivity contribution in [2.45, 2.75) is 113 Å². The molecule has 0 radical (unpaired) electrons. The average molecular weight is 1120 g/mol. The van der Waals surface area contributed by atoms with E-state index in [2.05, 4.69) is 55.5 Å².